The third-order valence-electron chi connectivity index (χ3n) is 3.93. The van der Waals surface area contributed by atoms with Crippen LogP contribution in [0.25, 0.3) is 0 Å². The standard InChI is InChI=1S/C20H25NO3S/c1-14-6-9-17(10-7-14)25-15(2)20(22)21(3)13-16-8-11-18(23-4)19(12-16)24-5/h6-12,15H,13H2,1-5H3. The fourth-order valence-electron chi connectivity index (χ4n) is 2.51. The average Bonchev–Trinajstić information content (AvgIpc) is 2.62. The number of hydrogen-bond donors (Lipinski definition) is 0. The number of aryl methyl sites for hydroxylation is 1. The normalized spacial score (nSPS) is 11.7. The Kier molecular flexibility index (Phi) is 6.76. The fourth-order valence-corrected chi connectivity index (χ4v) is 3.49. The largest absolute Gasteiger partial charge is 0.493 e. The van der Waals surface area contributed by atoms with Crippen LogP contribution in [0.3, 0.4) is 0 Å². The first-order chi connectivity index (χ1) is 11.9. The Morgan fingerprint density at radius 1 is 1.08 bits per heavy atom. The molecule has 1 atom stereocenters. The predicted octanol–water partition coefficient (Wildman–Crippen LogP) is 4.15. The van der Waals surface area contributed by atoms with Crippen molar-refractivity contribution in [2.45, 2.75) is 30.5 Å². The molecule has 1 unspecified atom stereocenters. The van der Waals surface area contributed by atoms with E-state index in [2.05, 4.69) is 31.2 Å². The highest BCUT2D eigenvalue weighted by Crippen LogP contribution is 2.29. The van der Waals surface area contributed by atoms with E-state index < -0.39 is 0 Å². The van der Waals surface area contributed by atoms with Crippen molar-refractivity contribution in [3.05, 3.63) is 53.6 Å². The van der Waals surface area contributed by atoms with E-state index in [9.17, 15) is 4.79 Å². The van der Waals surface area contributed by atoms with Gasteiger partial charge >= 0.3 is 0 Å². The van der Waals surface area contributed by atoms with Crippen molar-refractivity contribution < 1.29 is 14.3 Å². The minimum absolute atomic E-state index is 0.0976. The minimum atomic E-state index is -0.146. The summed E-state index contributed by atoms with van der Waals surface area (Å²) in [6.45, 7) is 4.52. The van der Waals surface area contributed by atoms with Crippen LogP contribution in [0.1, 0.15) is 18.1 Å². The zero-order valence-electron chi connectivity index (χ0n) is 15.4. The van der Waals surface area contributed by atoms with E-state index in [1.807, 2.05) is 32.2 Å². The van der Waals surface area contributed by atoms with Crippen LogP contribution in [0, 0.1) is 6.92 Å². The highest BCUT2D eigenvalue weighted by molar-refractivity contribution is 8.00. The van der Waals surface area contributed by atoms with Crippen LogP contribution >= 0.6 is 11.8 Å². The second-order valence-electron chi connectivity index (χ2n) is 5.96. The first-order valence-corrected chi connectivity index (χ1v) is 9.01. The summed E-state index contributed by atoms with van der Waals surface area (Å²) in [6, 6.07) is 13.9. The van der Waals surface area contributed by atoms with Gasteiger partial charge in [0.1, 0.15) is 0 Å². The van der Waals surface area contributed by atoms with Crippen LogP contribution in [-0.4, -0.2) is 37.3 Å². The van der Waals surface area contributed by atoms with Crippen LogP contribution in [0.15, 0.2) is 47.4 Å². The molecule has 0 aliphatic rings. The highest BCUT2D eigenvalue weighted by Gasteiger charge is 2.19. The van der Waals surface area contributed by atoms with Gasteiger partial charge in [-0.15, -0.1) is 11.8 Å². The van der Waals surface area contributed by atoms with Crippen molar-refractivity contribution in [3.8, 4) is 11.5 Å². The molecule has 2 aromatic carbocycles. The summed E-state index contributed by atoms with van der Waals surface area (Å²) < 4.78 is 10.6. The molecule has 25 heavy (non-hydrogen) atoms. The molecule has 4 nitrogen and oxygen atoms in total. The van der Waals surface area contributed by atoms with Crippen LogP contribution in [0.2, 0.25) is 0 Å². The lowest BCUT2D eigenvalue weighted by Gasteiger charge is -2.22. The Morgan fingerprint density at radius 2 is 1.72 bits per heavy atom. The predicted molar refractivity (Wildman–Crippen MR) is 103 cm³/mol. The summed E-state index contributed by atoms with van der Waals surface area (Å²) in [5.41, 5.74) is 2.22. The van der Waals surface area contributed by atoms with Crippen molar-refractivity contribution in [2.75, 3.05) is 21.3 Å². The van der Waals surface area contributed by atoms with Gasteiger partial charge in [-0.05, 0) is 43.7 Å². The van der Waals surface area contributed by atoms with Crippen LogP contribution in [0.5, 0.6) is 11.5 Å². The molecule has 2 aromatic rings. The molecule has 0 bridgehead atoms. The van der Waals surface area contributed by atoms with Crippen molar-refractivity contribution in [1.82, 2.24) is 4.90 Å². The number of rotatable bonds is 7. The summed E-state index contributed by atoms with van der Waals surface area (Å²) >= 11 is 1.58. The Labute approximate surface area is 154 Å². The summed E-state index contributed by atoms with van der Waals surface area (Å²) in [7, 11) is 5.04. The molecule has 2 rings (SSSR count). The number of carbonyl (C=O) groups is 1. The highest BCUT2D eigenvalue weighted by atomic mass is 32.2. The van der Waals surface area contributed by atoms with Crippen molar-refractivity contribution >= 4 is 17.7 Å². The van der Waals surface area contributed by atoms with E-state index in [1.165, 1.54) is 5.56 Å². The Balaban J connectivity index is 2.00. The number of thioether (sulfide) groups is 1. The molecule has 0 fully saturated rings. The van der Waals surface area contributed by atoms with Gasteiger partial charge in [0.15, 0.2) is 11.5 Å². The van der Waals surface area contributed by atoms with Crippen LogP contribution < -0.4 is 9.47 Å². The fraction of sp³-hybridized carbons (Fsp3) is 0.350. The summed E-state index contributed by atoms with van der Waals surface area (Å²) in [5.74, 6) is 1.45. The third kappa shape index (κ3) is 5.16. The number of nitrogens with zero attached hydrogens (tertiary/aromatic N) is 1. The summed E-state index contributed by atoms with van der Waals surface area (Å²) in [4.78, 5) is 15.5. The SMILES string of the molecule is COc1ccc(CN(C)C(=O)C(C)Sc2ccc(C)cc2)cc1OC. The topological polar surface area (TPSA) is 38.8 Å². The molecular weight excluding hydrogens is 334 g/mol. The van der Waals surface area contributed by atoms with Gasteiger partial charge in [-0.2, -0.15) is 0 Å². The molecular formula is C20H25NO3S. The van der Waals surface area contributed by atoms with E-state index in [1.54, 1.807) is 30.9 Å². The van der Waals surface area contributed by atoms with Gasteiger partial charge in [0.2, 0.25) is 5.91 Å². The second-order valence-corrected chi connectivity index (χ2v) is 7.37. The number of carbonyl (C=O) groups excluding carboxylic acids is 1. The maximum Gasteiger partial charge on any atom is 0.235 e. The van der Waals surface area contributed by atoms with E-state index >= 15 is 0 Å². The van der Waals surface area contributed by atoms with Crippen molar-refractivity contribution in [2.24, 2.45) is 0 Å². The van der Waals surface area contributed by atoms with E-state index in [0.717, 1.165) is 10.5 Å². The van der Waals surface area contributed by atoms with Crippen molar-refractivity contribution in [3.63, 3.8) is 0 Å². The number of methoxy groups -OCH3 is 2. The van der Waals surface area contributed by atoms with Crippen LogP contribution in [-0.2, 0) is 11.3 Å². The molecule has 5 heteroatoms. The maximum atomic E-state index is 12.6. The smallest absolute Gasteiger partial charge is 0.235 e. The number of ether oxygens (including phenoxy) is 2. The molecule has 0 heterocycles. The van der Waals surface area contributed by atoms with Gasteiger partial charge in [-0.25, -0.2) is 0 Å². The monoisotopic (exact) mass is 359 g/mol. The molecule has 0 aliphatic heterocycles. The summed E-state index contributed by atoms with van der Waals surface area (Å²) in [5, 5.41) is -0.146. The Hall–Kier alpha value is -2.14. The van der Waals surface area contributed by atoms with Gasteiger partial charge in [-0.3, -0.25) is 4.79 Å². The lowest BCUT2D eigenvalue weighted by atomic mass is 10.2. The molecule has 0 N–H and O–H groups in total. The first-order valence-electron chi connectivity index (χ1n) is 8.13. The zero-order chi connectivity index (χ0) is 18.4. The molecule has 0 saturated carbocycles. The molecule has 1 amide bonds. The lowest BCUT2D eigenvalue weighted by molar-refractivity contribution is -0.129. The quantitative estimate of drug-likeness (QED) is 0.696. The second kappa shape index (κ2) is 8.81. The minimum Gasteiger partial charge on any atom is -0.493 e. The Morgan fingerprint density at radius 3 is 2.32 bits per heavy atom. The average molecular weight is 359 g/mol. The molecule has 0 saturated heterocycles. The number of hydrogen-bond acceptors (Lipinski definition) is 4. The maximum absolute atomic E-state index is 12.6. The van der Waals surface area contributed by atoms with Gasteiger partial charge in [-0.1, -0.05) is 23.8 Å². The molecule has 0 aliphatic carbocycles. The summed E-state index contributed by atoms with van der Waals surface area (Å²) in [6.07, 6.45) is 0. The van der Waals surface area contributed by atoms with Crippen molar-refractivity contribution in [1.29, 1.82) is 0 Å². The lowest BCUT2D eigenvalue weighted by Crippen LogP contribution is -2.32. The first kappa shape index (κ1) is 19.2. The zero-order valence-corrected chi connectivity index (χ0v) is 16.2. The van der Waals surface area contributed by atoms with Gasteiger partial charge in [0.05, 0.1) is 19.5 Å². The van der Waals surface area contributed by atoms with E-state index in [0.29, 0.717) is 18.0 Å². The molecule has 134 valence electrons. The number of amides is 1. The van der Waals surface area contributed by atoms with E-state index in [4.69, 9.17) is 9.47 Å². The molecule has 0 aromatic heterocycles. The molecule has 0 spiro atoms. The van der Waals surface area contributed by atoms with Crippen LogP contribution in [0.4, 0.5) is 0 Å². The molecule has 0 radical (unpaired) electrons. The van der Waals surface area contributed by atoms with E-state index in [-0.39, 0.29) is 11.2 Å². The third-order valence-corrected chi connectivity index (χ3v) is 5.03. The van der Waals surface area contributed by atoms with Gasteiger partial charge in [0.25, 0.3) is 0 Å². The Bertz CT molecular complexity index is 715. The van der Waals surface area contributed by atoms with Gasteiger partial charge in [0, 0.05) is 18.5 Å². The number of benzene rings is 2. The van der Waals surface area contributed by atoms with Gasteiger partial charge < -0.3 is 14.4 Å².